The Morgan fingerprint density at radius 2 is 0.869 bits per heavy atom. The molecule has 0 aliphatic carbocycles. The van der Waals surface area contributed by atoms with Crippen molar-refractivity contribution in [3.8, 4) is 5.75 Å². The van der Waals surface area contributed by atoms with Crippen molar-refractivity contribution in [3.05, 3.63) is 65.9 Å². The van der Waals surface area contributed by atoms with E-state index in [0.29, 0.717) is 88.4 Å². The number of carbonyl (C=O) groups is 18. The van der Waals surface area contributed by atoms with Crippen LogP contribution in [0.4, 0.5) is 0 Å². The van der Waals surface area contributed by atoms with Crippen LogP contribution < -0.4 is 114 Å². The Balaban J connectivity index is 1.42. The number of hydrogen-bond acceptors (Lipinski definition) is 25. The number of carbonyl (C=O) groups excluding carboxylic acids is 18. The van der Waals surface area contributed by atoms with Crippen LogP contribution in [0.5, 0.6) is 5.75 Å². The number of H-pyrrole nitrogens is 1. The van der Waals surface area contributed by atoms with Crippen LogP contribution in [0.2, 0.25) is 0 Å². The summed E-state index contributed by atoms with van der Waals surface area (Å²) in [5.74, 6) is -16.5. The molecule has 1 fully saturated rings. The Hall–Kier alpha value is -12.0. The molecular weight excluding hydrogens is 1870 g/mol. The summed E-state index contributed by atoms with van der Waals surface area (Å²) in [6.07, 6.45) is 18.9. The third-order valence-electron chi connectivity index (χ3n) is 25.0. The minimum absolute atomic E-state index is 0.0131. The van der Waals surface area contributed by atoms with Gasteiger partial charge in [-0.15, -0.1) is 0 Å². The number of fused-ring (bicyclic) bond motifs is 1. The maximum absolute atomic E-state index is 14.6. The van der Waals surface area contributed by atoms with Crippen molar-refractivity contribution in [2.45, 2.75) is 371 Å². The number of rotatable bonds is 75. The van der Waals surface area contributed by atoms with Crippen molar-refractivity contribution in [1.82, 2.24) is 89.6 Å². The van der Waals surface area contributed by atoms with Crippen molar-refractivity contribution in [1.29, 1.82) is 0 Å². The molecule has 0 unspecified atom stereocenters. The minimum atomic E-state index is -1.87. The molecule has 3 aromatic rings. The number of nitrogens with two attached hydrogens (primary N) is 6. The van der Waals surface area contributed by atoms with Gasteiger partial charge in [0.15, 0.2) is 0 Å². The monoisotopic (exact) mass is 2040 g/mol. The predicted octanol–water partition coefficient (Wildman–Crippen LogP) is 0.0738. The number of para-hydroxylation sites is 1. The lowest BCUT2D eigenvalue weighted by Crippen LogP contribution is -2.61. The van der Waals surface area contributed by atoms with E-state index in [0.717, 1.165) is 36.6 Å². The summed E-state index contributed by atoms with van der Waals surface area (Å²) in [6, 6.07) is -6.94. The fourth-order valence-electron chi connectivity index (χ4n) is 16.9. The van der Waals surface area contributed by atoms with Crippen molar-refractivity contribution >= 4 is 117 Å². The summed E-state index contributed by atoms with van der Waals surface area (Å²) < 4.78 is 0. The minimum Gasteiger partial charge on any atom is -0.508 e. The highest BCUT2D eigenvalue weighted by Crippen LogP contribution is 2.24. The molecule has 1 aliphatic rings. The van der Waals surface area contributed by atoms with Crippen molar-refractivity contribution < 1.29 is 102 Å². The number of aliphatic hydroxyl groups excluding tert-OH is 2. The van der Waals surface area contributed by atoms with Crippen LogP contribution in [0.1, 0.15) is 279 Å². The molecule has 44 nitrogen and oxygen atoms in total. The first-order chi connectivity index (χ1) is 69.0. The number of aromatic amines is 1. The van der Waals surface area contributed by atoms with Gasteiger partial charge in [0.1, 0.15) is 84.3 Å². The first kappa shape index (κ1) is 125. The van der Waals surface area contributed by atoms with Crippen molar-refractivity contribution in [3.63, 3.8) is 0 Å². The number of nitrogens with one attached hydrogen (secondary N) is 16. The topological polar surface area (TPSA) is 724 Å². The van der Waals surface area contributed by atoms with Gasteiger partial charge in [-0.05, 0) is 203 Å². The molecule has 18 amide bonds. The van der Waals surface area contributed by atoms with E-state index in [1.807, 2.05) is 24.3 Å². The summed E-state index contributed by atoms with van der Waals surface area (Å²) >= 11 is 0. The van der Waals surface area contributed by atoms with Crippen molar-refractivity contribution in [2.75, 3.05) is 52.4 Å². The number of amides is 18. The van der Waals surface area contributed by atoms with Crippen LogP contribution >= 0.6 is 0 Å². The second-order valence-electron chi connectivity index (χ2n) is 39.2. The molecular formula is C101H169N23O21. The summed E-state index contributed by atoms with van der Waals surface area (Å²) in [5.41, 5.74) is 36.9. The van der Waals surface area contributed by atoms with Gasteiger partial charge in [-0.2, -0.15) is 0 Å². The average Bonchev–Trinajstić information content (AvgIpc) is 1.70. The van der Waals surface area contributed by atoms with Gasteiger partial charge in [0.2, 0.25) is 106 Å². The predicted molar refractivity (Wildman–Crippen MR) is 547 cm³/mol. The zero-order valence-corrected chi connectivity index (χ0v) is 86.4. The highest BCUT2D eigenvalue weighted by Gasteiger charge is 2.41. The Morgan fingerprint density at radius 3 is 1.38 bits per heavy atom. The van der Waals surface area contributed by atoms with Gasteiger partial charge in [-0.1, -0.05) is 156 Å². The van der Waals surface area contributed by atoms with Crippen LogP contribution in [0, 0.1) is 17.8 Å². The SMILES string of the molecule is CCCCCCCCCCCCCCCC(=O)NCCCC[C@H](NC(=O)[C@H](CCCCN)NC(=O)[C@H](CCCCN)NC(=O)[C@@H]1CCCN1C(=O)CNC(=O)[C@H](CC(C)C)NC(=O)[C@H](CC(C)C)NC(=O)[C@H](Cc1ccc(O)cc1)NC(=O)CNC(=O)[C@H](C)NC(=O)[C@H](CO)NC(=O)[C@H](CC(N)=O)NC(=O)[C@H](CC(C)C)NC(=O)[C@@H](NC(=O)[C@@H](N)Cc1c[nH]c2ccccc12)[C@@H](C)O)C(=O)N[C@@H](CCCCN)C(N)=O. The van der Waals surface area contributed by atoms with E-state index in [-0.39, 0.29) is 113 Å². The molecule has 0 bridgehead atoms. The van der Waals surface area contributed by atoms with E-state index in [1.165, 1.54) is 101 Å². The van der Waals surface area contributed by atoms with Gasteiger partial charge in [0.05, 0.1) is 38.3 Å². The number of benzene rings is 2. The standard InChI is InChI=1S/C101H169N23O21/c1-10-11-12-13-14-15-16-17-18-19-20-21-22-41-84(129)108-49-32-28-39-74(92(136)114-72(88(107)132)36-25-29-46-102)116-93(137)73(37-26-30-47-103)115-94(138)75(38-27-31-48-104)117-100(144)82-40-33-50-124(82)86(131)59-111-91(135)76(51-61(2)3)118-95(139)77(52-62(4)5)119-97(141)79(54-66-42-44-68(127)45-43-66)113-85(130)58-110-89(133)64(8)112-99(143)81(60-125)122-98(142)80(56-83(106)128)120-96(140)78(53-63(6)7)121-101(145)87(65(9)126)123-90(134)70(105)55-67-57-109-71-35-24-23-34-69(67)71/h23-24,34-35,42-45,57,61-65,70,72-82,87,109,125-127H,10-22,25-33,36-41,46-56,58-60,102-105H2,1-9H3,(H2,106,128)(H2,107,132)(H,108,129)(H,110,133)(H,111,135)(H,112,143)(H,113,130)(H,114,136)(H,115,138)(H,116,137)(H,117,144)(H,118,139)(H,119,141)(H,120,140)(H,121,145)(H,122,142)(H,123,134)/t64-,65+,70-,72-,73-,74-,75-,76-,77-,78-,79-,80-,81-,82-,87-/m0/s1. The van der Waals surface area contributed by atoms with Crippen LogP contribution in [0.25, 0.3) is 10.9 Å². The number of aromatic nitrogens is 1. The summed E-state index contributed by atoms with van der Waals surface area (Å²) in [6.45, 7) is 13.6. The van der Waals surface area contributed by atoms with Crippen LogP contribution in [-0.4, -0.2) is 275 Å². The second-order valence-corrected chi connectivity index (χ2v) is 39.2. The molecule has 1 aliphatic heterocycles. The quantitative estimate of drug-likeness (QED) is 0.0333. The van der Waals surface area contributed by atoms with E-state index < -0.39 is 217 Å². The number of aromatic hydroxyl groups is 1. The fourth-order valence-corrected chi connectivity index (χ4v) is 16.9. The number of nitrogens with zero attached hydrogens (tertiary/aromatic N) is 1. The number of phenolic OH excluding ortho intramolecular Hbond substituents is 1. The lowest BCUT2D eigenvalue weighted by Gasteiger charge is -2.29. The smallest absolute Gasteiger partial charge is 0.245 e. The van der Waals surface area contributed by atoms with E-state index in [4.69, 9.17) is 34.4 Å². The number of likely N-dealkylation sites (tertiary alicyclic amines) is 1. The lowest BCUT2D eigenvalue weighted by molar-refractivity contribution is -0.140. The summed E-state index contributed by atoms with van der Waals surface area (Å²) in [7, 11) is 0. The van der Waals surface area contributed by atoms with Crippen molar-refractivity contribution in [2.24, 2.45) is 52.2 Å². The molecule has 0 radical (unpaired) electrons. The van der Waals surface area contributed by atoms with Crippen LogP contribution in [0.3, 0.4) is 0 Å². The number of aliphatic hydroxyl groups is 2. The molecule has 2 aromatic carbocycles. The van der Waals surface area contributed by atoms with E-state index in [1.54, 1.807) is 47.7 Å². The third kappa shape index (κ3) is 48.7. The van der Waals surface area contributed by atoms with Crippen LogP contribution in [0.15, 0.2) is 54.7 Å². The van der Waals surface area contributed by atoms with Gasteiger partial charge in [0, 0.05) is 43.0 Å². The number of hydrogen-bond donors (Lipinski definition) is 25. The van der Waals surface area contributed by atoms with Gasteiger partial charge < -0.3 is 139 Å². The Morgan fingerprint density at radius 1 is 0.428 bits per heavy atom. The maximum Gasteiger partial charge on any atom is 0.245 e. The van der Waals surface area contributed by atoms with Gasteiger partial charge in [0.25, 0.3) is 0 Å². The molecule has 2 heterocycles. The molecule has 814 valence electrons. The molecule has 1 saturated heterocycles. The van der Waals surface area contributed by atoms with E-state index in [9.17, 15) is 102 Å². The fraction of sp³-hybridized carbons (Fsp3) is 0.683. The number of phenols is 1. The Kier molecular flexibility index (Phi) is 59.7. The van der Waals surface area contributed by atoms with Gasteiger partial charge >= 0.3 is 0 Å². The lowest BCUT2D eigenvalue weighted by atomic mass is 9.99. The number of primary amides is 2. The normalized spacial score (nSPS) is 15.3. The van der Waals surface area contributed by atoms with E-state index >= 15 is 0 Å². The van der Waals surface area contributed by atoms with Gasteiger partial charge in [-0.3, -0.25) is 86.3 Å². The zero-order chi connectivity index (χ0) is 108. The second kappa shape index (κ2) is 69.1. The third-order valence-corrected chi connectivity index (χ3v) is 25.0. The summed E-state index contributed by atoms with van der Waals surface area (Å²) in [5, 5.41) is 70.8. The molecule has 15 atom stereocenters. The number of unbranched alkanes of at least 4 members (excludes halogenated alkanes) is 16. The molecule has 145 heavy (non-hydrogen) atoms. The Bertz CT molecular complexity index is 4580. The molecule has 4 rings (SSSR count). The highest BCUT2D eigenvalue weighted by molar-refractivity contribution is 6.01. The largest absolute Gasteiger partial charge is 0.508 e. The first-order valence-corrected chi connectivity index (χ1v) is 51.9. The first-order valence-electron chi connectivity index (χ1n) is 51.9. The van der Waals surface area contributed by atoms with Gasteiger partial charge in [-0.25, -0.2) is 0 Å². The molecule has 1 aromatic heterocycles. The highest BCUT2D eigenvalue weighted by atomic mass is 16.3. The molecule has 44 heteroatoms. The van der Waals surface area contributed by atoms with E-state index in [2.05, 4.69) is 91.7 Å². The molecule has 0 saturated carbocycles. The summed E-state index contributed by atoms with van der Waals surface area (Å²) in [4.78, 5) is 254. The Labute approximate surface area is 851 Å². The maximum atomic E-state index is 14.6. The van der Waals surface area contributed by atoms with Crippen LogP contribution in [-0.2, 0) is 99.1 Å². The molecule has 0 spiro atoms. The zero-order valence-electron chi connectivity index (χ0n) is 86.4. The average molecular weight is 2040 g/mol. The molecule has 31 N–H and O–H groups in total.